The van der Waals surface area contributed by atoms with Crippen LogP contribution in [0.2, 0.25) is 0 Å². The number of fused-ring (bicyclic) bond motifs is 1. The molecule has 0 amide bonds. The summed E-state index contributed by atoms with van der Waals surface area (Å²) >= 11 is 0. The highest BCUT2D eigenvalue weighted by atomic mass is 19.1. The number of benzene rings is 1. The standard InChI is InChI=1S/C21H25FN6O2/c1-13(2)25-20-21(27-18-12-24-23-11-17(18)26-20)28-8-6-14(7-9-28)30-19-5-4-15(29-3)10-16(19)22/h4-5,10-14H,6-9H2,1-3H3,(H,25,26). The monoisotopic (exact) mass is 412 g/mol. The highest BCUT2D eigenvalue weighted by Crippen LogP contribution is 2.30. The molecule has 0 bridgehead atoms. The summed E-state index contributed by atoms with van der Waals surface area (Å²) in [5, 5.41) is 11.2. The van der Waals surface area contributed by atoms with Gasteiger partial charge < -0.3 is 19.7 Å². The third-order valence-corrected chi connectivity index (χ3v) is 4.96. The number of anilines is 2. The number of aromatic nitrogens is 4. The van der Waals surface area contributed by atoms with Crippen molar-refractivity contribution in [1.29, 1.82) is 0 Å². The summed E-state index contributed by atoms with van der Waals surface area (Å²) in [6, 6.07) is 4.86. The number of hydrogen-bond donors (Lipinski definition) is 1. The van der Waals surface area contributed by atoms with Crippen LogP contribution in [0.1, 0.15) is 26.7 Å². The van der Waals surface area contributed by atoms with Crippen LogP contribution in [-0.2, 0) is 0 Å². The molecule has 1 aliphatic heterocycles. The second-order valence-corrected chi connectivity index (χ2v) is 7.56. The number of ether oxygens (including phenoxy) is 2. The Balaban J connectivity index is 1.49. The lowest BCUT2D eigenvalue weighted by Gasteiger charge is -2.34. The fraction of sp³-hybridized carbons (Fsp3) is 0.429. The summed E-state index contributed by atoms with van der Waals surface area (Å²) in [7, 11) is 1.51. The molecule has 1 N–H and O–H groups in total. The van der Waals surface area contributed by atoms with E-state index in [1.165, 1.54) is 13.2 Å². The number of hydrogen-bond acceptors (Lipinski definition) is 8. The van der Waals surface area contributed by atoms with Gasteiger partial charge in [-0.05, 0) is 26.0 Å². The lowest BCUT2D eigenvalue weighted by molar-refractivity contribution is 0.163. The summed E-state index contributed by atoms with van der Waals surface area (Å²) in [6.45, 7) is 5.58. The van der Waals surface area contributed by atoms with Crippen LogP contribution in [0.5, 0.6) is 11.5 Å². The first-order valence-electron chi connectivity index (χ1n) is 10.0. The molecule has 0 radical (unpaired) electrons. The molecule has 3 heterocycles. The Kier molecular flexibility index (Phi) is 5.78. The predicted molar refractivity (Wildman–Crippen MR) is 113 cm³/mol. The largest absolute Gasteiger partial charge is 0.497 e. The Morgan fingerprint density at radius 1 is 1.10 bits per heavy atom. The van der Waals surface area contributed by atoms with Crippen molar-refractivity contribution in [2.75, 3.05) is 30.4 Å². The molecule has 9 heteroatoms. The molecule has 0 unspecified atom stereocenters. The van der Waals surface area contributed by atoms with Gasteiger partial charge in [0.15, 0.2) is 23.2 Å². The minimum absolute atomic E-state index is 0.0649. The second kappa shape index (κ2) is 8.64. The van der Waals surface area contributed by atoms with Crippen molar-refractivity contribution in [2.24, 2.45) is 0 Å². The van der Waals surface area contributed by atoms with Crippen LogP contribution in [0.25, 0.3) is 11.0 Å². The van der Waals surface area contributed by atoms with Crippen molar-refractivity contribution in [3.05, 3.63) is 36.4 Å². The maximum absolute atomic E-state index is 14.2. The minimum Gasteiger partial charge on any atom is -0.497 e. The molecule has 0 saturated carbocycles. The van der Waals surface area contributed by atoms with Gasteiger partial charge in [0.1, 0.15) is 22.9 Å². The summed E-state index contributed by atoms with van der Waals surface area (Å²) in [6.07, 6.45) is 4.67. The van der Waals surface area contributed by atoms with Crippen LogP contribution in [0.4, 0.5) is 16.0 Å². The molecule has 30 heavy (non-hydrogen) atoms. The van der Waals surface area contributed by atoms with Gasteiger partial charge in [-0.2, -0.15) is 10.2 Å². The van der Waals surface area contributed by atoms with E-state index in [4.69, 9.17) is 19.4 Å². The van der Waals surface area contributed by atoms with Crippen LogP contribution >= 0.6 is 0 Å². The Labute approximate surface area is 174 Å². The fourth-order valence-corrected chi connectivity index (χ4v) is 3.48. The maximum atomic E-state index is 14.2. The Hall–Kier alpha value is -3.23. The van der Waals surface area contributed by atoms with Crippen molar-refractivity contribution in [3.63, 3.8) is 0 Å². The van der Waals surface area contributed by atoms with E-state index in [2.05, 4.69) is 34.3 Å². The first-order chi connectivity index (χ1) is 14.5. The third kappa shape index (κ3) is 4.34. The van der Waals surface area contributed by atoms with Crippen molar-refractivity contribution in [1.82, 2.24) is 20.2 Å². The van der Waals surface area contributed by atoms with Gasteiger partial charge in [-0.3, -0.25) is 0 Å². The number of methoxy groups -OCH3 is 1. The highest BCUT2D eigenvalue weighted by molar-refractivity contribution is 5.79. The zero-order chi connectivity index (χ0) is 21.1. The van der Waals surface area contributed by atoms with Crippen LogP contribution in [0, 0.1) is 5.82 Å². The lowest BCUT2D eigenvalue weighted by atomic mass is 10.1. The predicted octanol–water partition coefficient (Wildman–Crippen LogP) is 3.44. The van der Waals surface area contributed by atoms with Crippen molar-refractivity contribution in [3.8, 4) is 11.5 Å². The van der Waals surface area contributed by atoms with E-state index in [1.807, 2.05) is 0 Å². The van der Waals surface area contributed by atoms with Gasteiger partial charge in [-0.15, -0.1) is 0 Å². The number of halogens is 1. The second-order valence-electron chi connectivity index (χ2n) is 7.56. The average Bonchev–Trinajstić information content (AvgIpc) is 2.75. The molecular weight excluding hydrogens is 387 g/mol. The minimum atomic E-state index is -0.415. The maximum Gasteiger partial charge on any atom is 0.172 e. The number of nitrogens with zero attached hydrogens (tertiary/aromatic N) is 5. The van der Waals surface area contributed by atoms with Crippen LogP contribution < -0.4 is 19.7 Å². The molecule has 2 aromatic heterocycles. The quantitative estimate of drug-likeness (QED) is 0.659. The molecule has 1 aliphatic rings. The summed E-state index contributed by atoms with van der Waals surface area (Å²) < 4.78 is 25.2. The van der Waals surface area contributed by atoms with E-state index in [1.54, 1.807) is 24.5 Å². The molecule has 1 fully saturated rings. The van der Waals surface area contributed by atoms with Gasteiger partial charge in [0.05, 0.1) is 19.5 Å². The van der Waals surface area contributed by atoms with Crippen LogP contribution in [0.15, 0.2) is 30.6 Å². The Bertz CT molecular complexity index is 1020. The van der Waals surface area contributed by atoms with E-state index in [0.29, 0.717) is 16.8 Å². The van der Waals surface area contributed by atoms with Gasteiger partial charge in [0.2, 0.25) is 0 Å². The molecule has 1 aromatic carbocycles. The van der Waals surface area contributed by atoms with E-state index in [0.717, 1.165) is 37.6 Å². The van der Waals surface area contributed by atoms with Gasteiger partial charge in [-0.1, -0.05) is 0 Å². The zero-order valence-electron chi connectivity index (χ0n) is 17.3. The van der Waals surface area contributed by atoms with Gasteiger partial charge in [0, 0.05) is 38.0 Å². The fourth-order valence-electron chi connectivity index (χ4n) is 3.48. The number of piperidine rings is 1. The summed E-state index contributed by atoms with van der Waals surface area (Å²) in [4.78, 5) is 11.7. The number of nitrogens with one attached hydrogen (secondary N) is 1. The molecule has 0 spiro atoms. The molecule has 158 valence electrons. The van der Waals surface area contributed by atoms with Gasteiger partial charge >= 0.3 is 0 Å². The van der Waals surface area contributed by atoms with E-state index < -0.39 is 5.82 Å². The van der Waals surface area contributed by atoms with Crippen LogP contribution in [0.3, 0.4) is 0 Å². The molecule has 0 aliphatic carbocycles. The molecule has 3 aromatic rings. The average molecular weight is 412 g/mol. The molecule has 0 atom stereocenters. The van der Waals surface area contributed by atoms with Crippen LogP contribution in [-0.4, -0.2) is 52.5 Å². The topological polar surface area (TPSA) is 85.3 Å². The smallest absolute Gasteiger partial charge is 0.172 e. The van der Waals surface area contributed by atoms with Crippen molar-refractivity contribution < 1.29 is 13.9 Å². The molecule has 1 saturated heterocycles. The Morgan fingerprint density at radius 2 is 1.80 bits per heavy atom. The molecular formula is C21H25FN6O2. The lowest BCUT2D eigenvalue weighted by Crippen LogP contribution is -2.39. The molecule has 8 nitrogen and oxygen atoms in total. The highest BCUT2D eigenvalue weighted by Gasteiger charge is 2.25. The first-order valence-corrected chi connectivity index (χ1v) is 10.0. The van der Waals surface area contributed by atoms with Gasteiger partial charge in [0.25, 0.3) is 0 Å². The number of rotatable bonds is 6. The van der Waals surface area contributed by atoms with E-state index in [9.17, 15) is 4.39 Å². The SMILES string of the molecule is COc1ccc(OC2CCN(c3nc4cnncc4nc3NC(C)C)CC2)c(F)c1. The Morgan fingerprint density at radius 3 is 2.43 bits per heavy atom. The summed E-state index contributed by atoms with van der Waals surface area (Å²) in [5.74, 6) is 1.82. The molecule has 4 rings (SSSR count). The van der Waals surface area contributed by atoms with Crippen molar-refractivity contribution in [2.45, 2.75) is 38.8 Å². The first kappa shape index (κ1) is 20.1. The third-order valence-electron chi connectivity index (χ3n) is 4.96. The normalized spacial score (nSPS) is 14.9. The summed E-state index contributed by atoms with van der Waals surface area (Å²) in [5.41, 5.74) is 1.40. The van der Waals surface area contributed by atoms with E-state index in [-0.39, 0.29) is 17.9 Å². The van der Waals surface area contributed by atoms with Gasteiger partial charge in [-0.25, -0.2) is 14.4 Å². The zero-order valence-corrected chi connectivity index (χ0v) is 17.3. The van der Waals surface area contributed by atoms with E-state index >= 15 is 0 Å². The van der Waals surface area contributed by atoms with Crippen molar-refractivity contribution >= 4 is 22.7 Å².